The van der Waals surface area contributed by atoms with Crippen LogP contribution in [0.4, 0.5) is 13.9 Å². The van der Waals surface area contributed by atoms with Crippen LogP contribution in [0.5, 0.6) is 0 Å². The van der Waals surface area contributed by atoms with Gasteiger partial charge in [0.15, 0.2) is 20.8 Å². The molecule has 0 atom stereocenters. The number of amides is 1. The number of sulfone groups is 1. The first-order valence-electron chi connectivity index (χ1n) is 10.00. The van der Waals surface area contributed by atoms with Gasteiger partial charge >= 0.3 is 0 Å². The summed E-state index contributed by atoms with van der Waals surface area (Å²) in [7, 11) is -3.54. The van der Waals surface area contributed by atoms with Crippen molar-refractivity contribution in [2.24, 2.45) is 0 Å². The summed E-state index contributed by atoms with van der Waals surface area (Å²) in [6.45, 7) is 0.0648. The zero-order chi connectivity index (χ0) is 23.4. The SMILES string of the molecule is O=C(CCS(=O)(=O)Cc1ccccc1)N(Cc1cccnc1)c1nc2c(F)cc(F)cc2s1. The summed E-state index contributed by atoms with van der Waals surface area (Å²) in [5, 5.41) is 0.156. The minimum Gasteiger partial charge on any atom is -0.284 e. The number of halogens is 2. The minimum atomic E-state index is -3.54. The van der Waals surface area contributed by atoms with E-state index in [1.54, 1.807) is 54.9 Å². The molecule has 2 heterocycles. The lowest BCUT2D eigenvalue weighted by Gasteiger charge is -2.20. The van der Waals surface area contributed by atoms with Gasteiger partial charge in [-0.3, -0.25) is 14.7 Å². The Morgan fingerprint density at radius 2 is 1.79 bits per heavy atom. The Kier molecular flexibility index (Phi) is 6.75. The van der Waals surface area contributed by atoms with Gasteiger partial charge in [-0.25, -0.2) is 22.2 Å². The molecule has 0 spiro atoms. The van der Waals surface area contributed by atoms with E-state index in [0.717, 1.165) is 23.5 Å². The number of carbonyl (C=O) groups excluding carboxylic acids is 1. The highest BCUT2D eigenvalue weighted by atomic mass is 32.2. The number of thiazole rings is 1. The highest BCUT2D eigenvalue weighted by molar-refractivity contribution is 7.90. The molecule has 33 heavy (non-hydrogen) atoms. The Morgan fingerprint density at radius 3 is 2.52 bits per heavy atom. The molecule has 4 aromatic rings. The largest absolute Gasteiger partial charge is 0.284 e. The minimum absolute atomic E-state index is 0.0444. The van der Waals surface area contributed by atoms with E-state index in [0.29, 0.717) is 11.1 Å². The summed E-state index contributed by atoms with van der Waals surface area (Å²) < 4.78 is 53.2. The standard InChI is InChI=1S/C23H19F2N3O3S2/c24-18-11-19(25)22-20(12-18)32-23(27-22)28(14-17-7-4-9-26-13-17)21(29)8-10-33(30,31)15-16-5-2-1-3-6-16/h1-7,9,11-13H,8,10,14-15H2. The van der Waals surface area contributed by atoms with Crippen LogP contribution in [0.1, 0.15) is 17.5 Å². The Hall–Kier alpha value is -3.24. The number of fused-ring (bicyclic) bond motifs is 1. The lowest BCUT2D eigenvalue weighted by Crippen LogP contribution is -2.32. The number of anilines is 1. The fourth-order valence-electron chi connectivity index (χ4n) is 3.28. The number of nitrogens with zero attached hydrogens (tertiary/aromatic N) is 3. The number of carbonyl (C=O) groups is 1. The molecule has 0 aliphatic carbocycles. The second kappa shape index (κ2) is 9.72. The summed E-state index contributed by atoms with van der Waals surface area (Å²) in [5.74, 6) is -2.58. The summed E-state index contributed by atoms with van der Waals surface area (Å²) >= 11 is 0.961. The topological polar surface area (TPSA) is 80.2 Å². The number of hydrogen-bond acceptors (Lipinski definition) is 6. The quantitative estimate of drug-likeness (QED) is 0.365. The Bertz CT molecular complexity index is 1380. The maximum atomic E-state index is 14.2. The lowest BCUT2D eigenvalue weighted by atomic mass is 10.2. The fourth-order valence-corrected chi connectivity index (χ4v) is 5.63. The second-order valence-corrected chi connectivity index (χ2v) is 10.6. The zero-order valence-corrected chi connectivity index (χ0v) is 19.0. The van der Waals surface area contributed by atoms with Crippen molar-refractivity contribution >= 4 is 42.4 Å². The molecular weight excluding hydrogens is 468 g/mol. The first-order chi connectivity index (χ1) is 15.8. The summed E-state index contributed by atoms with van der Waals surface area (Å²) in [4.78, 5) is 22.6. The van der Waals surface area contributed by atoms with Gasteiger partial charge in [-0.1, -0.05) is 47.7 Å². The van der Waals surface area contributed by atoms with Crippen molar-refractivity contribution < 1.29 is 22.0 Å². The number of benzene rings is 2. The Labute approximate surface area is 193 Å². The van der Waals surface area contributed by atoms with Crippen LogP contribution >= 0.6 is 11.3 Å². The third kappa shape index (κ3) is 5.77. The molecule has 0 radical (unpaired) electrons. The fraction of sp³-hybridized carbons (Fsp3) is 0.174. The molecule has 0 unspecified atom stereocenters. The van der Waals surface area contributed by atoms with Gasteiger partial charge in [-0.2, -0.15) is 0 Å². The van der Waals surface area contributed by atoms with Gasteiger partial charge in [0.2, 0.25) is 5.91 Å². The van der Waals surface area contributed by atoms with Gasteiger partial charge in [0.25, 0.3) is 0 Å². The Morgan fingerprint density at radius 1 is 1.03 bits per heavy atom. The zero-order valence-electron chi connectivity index (χ0n) is 17.3. The van der Waals surface area contributed by atoms with E-state index in [1.165, 1.54) is 4.90 Å². The van der Waals surface area contributed by atoms with E-state index in [9.17, 15) is 22.0 Å². The van der Waals surface area contributed by atoms with Crippen molar-refractivity contribution in [1.82, 2.24) is 9.97 Å². The van der Waals surface area contributed by atoms with Crippen molar-refractivity contribution in [2.45, 2.75) is 18.7 Å². The summed E-state index contributed by atoms with van der Waals surface area (Å²) in [6, 6.07) is 14.1. The molecule has 10 heteroatoms. The molecule has 0 saturated carbocycles. The molecule has 170 valence electrons. The van der Waals surface area contributed by atoms with Gasteiger partial charge in [0.05, 0.1) is 22.8 Å². The van der Waals surface area contributed by atoms with Gasteiger partial charge < -0.3 is 0 Å². The highest BCUT2D eigenvalue weighted by Crippen LogP contribution is 2.32. The molecule has 0 aliphatic heterocycles. The molecule has 0 N–H and O–H groups in total. The van der Waals surface area contributed by atoms with Crippen LogP contribution in [0.25, 0.3) is 10.2 Å². The molecule has 0 aliphatic rings. The van der Waals surface area contributed by atoms with Gasteiger partial charge in [0, 0.05) is 24.9 Å². The van der Waals surface area contributed by atoms with Crippen molar-refractivity contribution in [2.75, 3.05) is 10.7 Å². The van der Waals surface area contributed by atoms with Crippen LogP contribution in [0.2, 0.25) is 0 Å². The summed E-state index contributed by atoms with van der Waals surface area (Å²) in [5.41, 5.74) is 1.28. The third-order valence-electron chi connectivity index (χ3n) is 4.85. The number of hydrogen-bond donors (Lipinski definition) is 0. The van der Waals surface area contributed by atoms with Gasteiger partial charge in [0.1, 0.15) is 11.3 Å². The molecule has 4 rings (SSSR count). The van der Waals surface area contributed by atoms with Crippen LogP contribution in [0, 0.1) is 11.6 Å². The van der Waals surface area contributed by atoms with Gasteiger partial charge in [-0.15, -0.1) is 0 Å². The predicted octanol–water partition coefficient (Wildman–Crippen LogP) is 4.51. The molecular formula is C23H19F2N3O3S2. The van der Waals surface area contributed by atoms with Crippen molar-refractivity contribution in [3.63, 3.8) is 0 Å². The van der Waals surface area contributed by atoms with E-state index in [4.69, 9.17) is 0 Å². The predicted molar refractivity (Wildman–Crippen MR) is 124 cm³/mol. The normalized spacial score (nSPS) is 11.6. The van der Waals surface area contributed by atoms with E-state index >= 15 is 0 Å². The van der Waals surface area contributed by atoms with E-state index in [-0.39, 0.29) is 39.8 Å². The van der Waals surface area contributed by atoms with Crippen LogP contribution in [-0.4, -0.2) is 30.0 Å². The molecule has 1 amide bonds. The maximum Gasteiger partial charge on any atom is 0.230 e. The number of pyridine rings is 1. The average molecular weight is 488 g/mol. The Balaban J connectivity index is 1.58. The number of rotatable bonds is 8. The molecule has 6 nitrogen and oxygen atoms in total. The molecule has 2 aromatic carbocycles. The molecule has 0 saturated heterocycles. The second-order valence-electron chi connectivity index (χ2n) is 7.40. The highest BCUT2D eigenvalue weighted by Gasteiger charge is 2.24. The van der Waals surface area contributed by atoms with Crippen LogP contribution in [0.3, 0.4) is 0 Å². The van der Waals surface area contributed by atoms with E-state index in [1.807, 2.05) is 0 Å². The first-order valence-corrected chi connectivity index (χ1v) is 12.6. The lowest BCUT2D eigenvalue weighted by molar-refractivity contribution is -0.118. The van der Waals surface area contributed by atoms with Crippen LogP contribution in [0.15, 0.2) is 67.0 Å². The van der Waals surface area contributed by atoms with Crippen molar-refractivity contribution in [3.05, 3.63) is 89.8 Å². The average Bonchev–Trinajstić information content (AvgIpc) is 3.21. The molecule has 0 fully saturated rings. The monoisotopic (exact) mass is 487 g/mol. The molecule has 2 aromatic heterocycles. The maximum absolute atomic E-state index is 14.2. The number of aromatic nitrogens is 2. The van der Waals surface area contributed by atoms with Crippen molar-refractivity contribution in [3.8, 4) is 0 Å². The van der Waals surface area contributed by atoms with Crippen molar-refractivity contribution in [1.29, 1.82) is 0 Å². The smallest absolute Gasteiger partial charge is 0.230 e. The van der Waals surface area contributed by atoms with Crippen LogP contribution in [-0.2, 0) is 26.9 Å². The first kappa shape index (κ1) is 22.9. The van der Waals surface area contributed by atoms with E-state index < -0.39 is 27.4 Å². The molecule has 0 bridgehead atoms. The van der Waals surface area contributed by atoms with Crippen LogP contribution < -0.4 is 4.90 Å². The summed E-state index contributed by atoms with van der Waals surface area (Å²) in [6.07, 6.45) is 2.88. The van der Waals surface area contributed by atoms with E-state index in [2.05, 4.69) is 9.97 Å². The third-order valence-corrected chi connectivity index (χ3v) is 7.48. The van der Waals surface area contributed by atoms with Gasteiger partial charge in [-0.05, 0) is 23.3 Å².